The molecular formula is C13H18N4O2. The van der Waals surface area contributed by atoms with Crippen molar-refractivity contribution in [3.8, 4) is 0 Å². The lowest BCUT2D eigenvalue weighted by molar-refractivity contribution is 0.0528. The third-order valence-electron chi connectivity index (χ3n) is 2.46. The summed E-state index contributed by atoms with van der Waals surface area (Å²) >= 11 is 0. The van der Waals surface area contributed by atoms with E-state index in [2.05, 4.69) is 20.7 Å². The smallest absolute Gasteiger partial charge is 0.407 e. The number of carbonyl (C=O) groups is 1. The van der Waals surface area contributed by atoms with E-state index in [0.717, 1.165) is 23.0 Å². The Balaban J connectivity index is 1.83. The van der Waals surface area contributed by atoms with Crippen LogP contribution in [0.25, 0.3) is 11.0 Å². The van der Waals surface area contributed by atoms with E-state index in [0.29, 0.717) is 6.54 Å². The van der Waals surface area contributed by atoms with Gasteiger partial charge in [-0.1, -0.05) is 6.07 Å². The van der Waals surface area contributed by atoms with E-state index < -0.39 is 11.7 Å². The molecule has 2 N–H and O–H groups in total. The van der Waals surface area contributed by atoms with Crippen molar-refractivity contribution in [2.45, 2.75) is 32.8 Å². The van der Waals surface area contributed by atoms with Crippen LogP contribution >= 0.6 is 0 Å². The largest absolute Gasteiger partial charge is 0.444 e. The molecule has 19 heavy (non-hydrogen) atoms. The van der Waals surface area contributed by atoms with E-state index in [4.69, 9.17) is 4.74 Å². The maximum Gasteiger partial charge on any atom is 0.407 e. The second kappa shape index (κ2) is 5.26. The van der Waals surface area contributed by atoms with Crippen LogP contribution in [-0.4, -0.2) is 33.6 Å². The molecule has 2 aromatic rings. The fourth-order valence-corrected chi connectivity index (χ4v) is 1.66. The van der Waals surface area contributed by atoms with E-state index >= 15 is 0 Å². The predicted octanol–water partition coefficient (Wildman–Crippen LogP) is 2.03. The topological polar surface area (TPSA) is 79.9 Å². The van der Waals surface area contributed by atoms with Crippen LogP contribution in [0.4, 0.5) is 4.79 Å². The van der Waals surface area contributed by atoms with Gasteiger partial charge >= 0.3 is 6.09 Å². The predicted molar refractivity (Wildman–Crippen MR) is 71.8 cm³/mol. The number of hydrogen-bond acceptors (Lipinski definition) is 4. The molecule has 0 unspecified atom stereocenters. The number of H-pyrrole nitrogens is 1. The Kier molecular flexibility index (Phi) is 3.69. The SMILES string of the molecule is CC(C)(C)OC(=O)NCCc1ccc2n[nH]nc2c1. The molecule has 6 heteroatoms. The highest BCUT2D eigenvalue weighted by atomic mass is 16.6. The molecule has 0 aliphatic rings. The van der Waals surface area contributed by atoms with Crippen molar-refractivity contribution in [2.24, 2.45) is 0 Å². The molecule has 0 radical (unpaired) electrons. The minimum Gasteiger partial charge on any atom is -0.444 e. The maximum absolute atomic E-state index is 11.5. The van der Waals surface area contributed by atoms with Gasteiger partial charge in [-0.25, -0.2) is 4.79 Å². The molecule has 1 heterocycles. The van der Waals surface area contributed by atoms with Crippen LogP contribution < -0.4 is 5.32 Å². The average Bonchev–Trinajstić information content (AvgIpc) is 2.73. The van der Waals surface area contributed by atoms with Gasteiger partial charge in [-0.15, -0.1) is 0 Å². The van der Waals surface area contributed by atoms with Crippen LogP contribution in [0.15, 0.2) is 18.2 Å². The standard InChI is InChI=1S/C13H18N4O2/c1-13(2,3)19-12(18)14-7-6-9-4-5-10-11(8-9)16-17-15-10/h4-5,8H,6-7H2,1-3H3,(H,14,18)(H,15,16,17). The summed E-state index contributed by atoms with van der Waals surface area (Å²) in [7, 11) is 0. The van der Waals surface area contributed by atoms with Crippen molar-refractivity contribution in [1.82, 2.24) is 20.7 Å². The number of nitrogens with zero attached hydrogens (tertiary/aromatic N) is 2. The van der Waals surface area contributed by atoms with Gasteiger partial charge in [0.1, 0.15) is 16.6 Å². The number of rotatable bonds is 3. The summed E-state index contributed by atoms with van der Waals surface area (Å²) in [6.07, 6.45) is 0.331. The number of fused-ring (bicyclic) bond motifs is 1. The highest BCUT2D eigenvalue weighted by Gasteiger charge is 2.15. The van der Waals surface area contributed by atoms with Gasteiger partial charge in [-0.3, -0.25) is 0 Å². The summed E-state index contributed by atoms with van der Waals surface area (Å²) in [6, 6.07) is 5.83. The number of nitrogens with one attached hydrogen (secondary N) is 2. The van der Waals surface area contributed by atoms with E-state index in [-0.39, 0.29) is 0 Å². The molecule has 1 aromatic heterocycles. The van der Waals surface area contributed by atoms with E-state index in [9.17, 15) is 4.79 Å². The van der Waals surface area contributed by atoms with E-state index in [1.165, 1.54) is 0 Å². The fraction of sp³-hybridized carbons (Fsp3) is 0.462. The van der Waals surface area contributed by atoms with Crippen molar-refractivity contribution >= 4 is 17.1 Å². The molecule has 0 saturated heterocycles. The number of amides is 1. The first-order chi connectivity index (χ1) is 8.94. The number of alkyl carbamates (subject to hydrolysis) is 1. The minimum atomic E-state index is -0.469. The number of benzene rings is 1. The zero-order valence-electron chi connectivity index (χ0n) is 11.4. The number of aromatic nitrogens is 3. The van der Waals surface area contributed by atoms with Gasteiger partial charge < -0.3 is 10.1 Å². The Labute approximate surface area is 111 Å². The Hall–Kier alpha value is -2.11. The molecule has 6 nitrogen and oxygen atoms in total. The summed E-state index contributed by atoms with van der Waals surface area (Å²) < 4.78 is 5.16. The molecule has 2 rings (SSSR count). The summed E-state index contributed by atoms with van der Waals surface area (Å²) in [5, 5.41) is 13.3. The van der Waals surface area contributed by atoms with Crippen molar-refractivity contribution in [3.05, 3.63) is 23.8 Å². The van der Waals surface area contributed by atoms with Crippen LogP contribution in [0.5, 0.6) is 0 Å². The minimum absolute atomic E-state index is 0.394. The molecule has 0 spiro atoms. The molecule has 102 valence electrons. The molecule has 0 aliphatic heterocycles. The zero-order chi connectivity index (χ0) is 13.9. The fourth-order valence-electron chi connectivity index (χ4n) is 1.66. The highest BCUT2D eigenvalue weighted by molar-refractivity contribution is 5.74. The number of aromatic amines is 1. The summed E-state index contributed by atoms with van der Waals surface area (Å²) in [5.74, 6) is 0. The molecule has 0 atom stereocenters. The van der Waals surface area contributed by atoms with Crippen LogP contribution in [0.1, 0.15) is 26.3 Å². The van der Waals surface area contributed by atoms with Crippen LogP contribution in [0.2, 0.25) is 0 Å². The molecule has 1 amide bonds. The van der Waals surface area contributed by atoms with Crippen molar-refractivity contribution in [1.29, 1.82) is 0 Å². The second-order valence-electron chi connectivity index (χ2n) is 5.33. The summed E-state index contributed by atoms with van der Waals surface area (Å²) in [6.45, 7) is 6.04. The Morgan fingerprint density at radius 1 is 1.32 bits per heavy atom. The van der Waals surface area contributed by atoms with E-state index in [1.807, 2.05) is 39.0 Å². The number of carbonyl (C=O) groups excluding carboxylic acids is 1. The monoisotopic (exact) mass is 262 g/mol. The van der Waals surface area contributed by atoms with Gasteiger partial charge in [0.25, 0.3) is 0 Å². The summed E-state index contributed by atoms with van der Waals surface area (Å²) in [5.41, 5.74) is 2.29. The third-order valence-corrected chi connectivity index (χ3v) is 2.46. The Bertz CT molecular complexity index is 571. The van der Waals surface area contributed by atoms with Gasteiger partial charge in [0.05, 0.1) is 0 Å². The Morgan fingerprint density at radius 3 is 2.79 bits per heavy atom. The van der Waals surface area contributed by atoms with Crippen molar-refractivity contribution < 1.29 is 9.53 Å². The first kappa shape index (κ1) is 13.3. The van der Waals surface area contributed by atoms with Gasteiger partial charge in [0.15, 0.2) is 0 Å². The first-order valence-corrected chi connectivity index (χ1v) is 6.20. The number of hydrogen-bond donors (Lipinski definition) is 2. The zero-order valence-corrected chi connectivity index (χ0v) is 11.4. The molecule has 0 aliphatic carbocycles. The second-order valence-corrected chi connectivity index (χ2v) is 5.33. The lowest BCUT2D eigenvalue weighted by atomic mass is 10.1. The van der Waals surface area contributed by atoms with E-state index in [1.54, 1.807) is 0 Å². The first-order valence-electron chi connectivity index (χ1n) is 6.20. The summed E-state index contributed by atoms with van der Waals surface area (Å²) in [4.78, 5) is 11.5. The highest BCUT2D eigenvalue weighted by Crippen LogP contribution is 2.11. The maximum atomic E-state index is 11.5. The molecule has 1 aromatic carbocycles. The van der Waals surface area contributed by atoms with Crippen LogP contribution in [0, 0.1) is 0 Å². The molecule has 0 bridgehead atoms. The molecule has 0 saturated carbocycles. The normalized spacial score (nSPS) is 11.5. The quantitative estimate of drug-likeness (QED) is 0.887. The average molecular weight is 262 g/mol. The molecule has 0 fully saturated rings. The van der Waals surface area contributed by atoms with Crippen LogP contribution in [-0.2, 0) is 11.2 Å². The van der Waals surface area contributed by atoms with Gasteiger partial charge in [-0.2, -0.15) is 15.4 Å². The van der Waals surface area contributed by atoms with Crippen LogP contribution in [0.3, 0.4) is 0 Å². The number of ether oxygens (including phenoxy) is 1. The van der Waals surface area contributed by atoms with Gasteiger partial charge in [-0.05, 0) is 44.9 Å². The lowest BCUT2D eigenvalue weighted by Gasteiger charge is -2.19. The Morgan fingerprint density at radius 2 is 2.05 bits per heavy atom. The van der Waals surface area contributed by atoms with Gasteiger partial charge in [0, 0.05) is 6.54 Å². The third kappa shape index (κ3) is 3.94. The van der Waals surface area contributed by atoms with Crippen molar-refractivity contribution in [3.63, 3.8) is 0 Å². The molecular weight excluding hydrogens is 244 g/mol. The van der Waals surface area contributed by atoms with Crippen molar-refractivity contribution in [2.75, 3.05) is 6.54 Å². The lowest BCUT2D eigenvalue weighted by Crippen LogP contribution is -2.33. The van der Waals surface area contributed by atoms with Gasteiger partial charge in [0.2, 0.25) is 0 Å².